The van der Waals surface area contributed by atoms with Crippen LogP contribution in [0, 0.1) is 0 Å². The zero-order valence-corrected chi connectivity index (χ0v) is 13.3. The lowest BCUT2D eigenvalue weighted by molar-refractivity contribution is -0.139. The van der Waals surface area contributed by atoms with Crippen molar-refractivity contribution in [2.45, 2.75) is 17.4 Å². The van der Waals surface area contributed by atoms with Gasteiger partial charge in [0.2, 0.25) is 10.0 Å². The van der Waals surface area contributed by atoms with E-state index in [1.165, 1.54) is 30.0 Å². The van der Waals surface area contributed by atoms with Crippen LogP contribution in [0.25, 0.3) is 11.0 Å². The van der Waals surface area contributed by atoms with Crippen LogP contribution in [0.15, 0.2) is 27.9 Å². The number of benzene rings is 1. The van der Waals surface area contributed by atoms with Crippen molar-refractivity contribution in [1.29, 1.82) is 0 Å². The van der Waals surface area contributed by atoms with Crippen molar-refractivity contribution in [3.8, 4) is 0 Å². The number of aliphatic carboxylic acids is 1. The molecule has 0 spiro atoms. The molecule has 2 aromatic rings. The maximum absolute atomic E-state index is 12.3. The van der Waals surface area contributed by atoms with Crippen molar-refractivity contribution in [3.05, 3.63) is 28.7 Å². The van der Waals surface area contributed by atoms with Crippen molar-refractivity contribution in [2.75, 3.05) is 12.0 Å². The number of sulfonamides is 1. The second-order valence-electron chi connectivity index (χ2n) is 4.58. The van der Waals surface area contributed by atoms with E-state index < -0.39 is 27.7 Å². The first kappa shape index (κ1) is 16.6. The summed E-state index contributed by atoms with van der Waals surface area (Å²) in [6.45, 7) is 0. The molecule has 0 unspecified atom stereocenters. The topological polar surface area (TPSA) is 132 Å². The zero-order valence-electron chi connectivity index (χ0n) is 11.6. The molecule has 0 saturated heterocycles. The summed E-state index contributed by atoms with van der Waals surface area (Å²) < 4.78 is 26.7. The van der Waals surface area contributed by atoms with Gasteiger partial charge < -0.3 is 15.1 Å². The molecule has 1 heterocycles. The Hall–Kier alpha value is -1.78. The summed E-state index contributed by atoms with van der Waals surface area (Å²) in [5.41, 5.74) is 0.367. The summed E-state index contributed by atoms with van der Waals surface area (Å²) >= 11 is 1.43. The van der Waals surface area contributed by atoms with Gasteiger partial charge in [-0.1, -0.05) is 0 Å². The van der Waals surface area contributed by atoms with E-state index in [2.05, 4.69) is 14.7 Å². The van der Waals surface area contributed by atoms with Gasteiger partial charge in [0.15, 0.2) is 0 Å². The fourth-order valence-electron chi connectivity index (χ4n) is 1.90. The number of hydrogen-bond donors (Lipinski definition) is 4. The molecule has 0 radical (unpaired) electrons. The average molecular weight is 345 g/mol. The maximum atomic E-state index is 12.3. The van der Waals surface area contributed by atoms with Gasteiger partial charge in [-0.25, -0.2) is 13.2 Å². The number of nitrogens with one attached hydrogen (secondary N) is 3. The summed E-state index contributed by atoms with van der Waals surface area (Å²) in [6.07, 6.45) is 1.99. The summed E-state index contributed by atoms with van der Waals surface area (Å²) in [4.78, 5) is 27.2. The Bertz CT molecular complexity index is 840. The molecule has 0 fully saturated rings. The molecule has 0 bridgehead atoms. The van der Waals surface area contributed by atoms with E-state index in [0.29, 0.717) is 16.8 Å². The lowest BCUT2D eigenvalue weighted by atomic mass is 10.2. The van der Waals surface area contributed by atoms with Gasteiger partial charge in [-0.05, 0) is 36.6 Å². The highest BCUT2D eigenvalue weighted by Gasteiger charge is 2.25. The smallest absolute Gasteiger partial charge is 0.323 e. The van der Waals surface area contributed by atoms with Crippen LogP contribution in [0.5, 0.6) is 0 Å². The highest BCUT2D eigenvalue weighted by atomic mass is 32.2. The largest absolute Gasteiger partial charge is 0.480 e. The van der Waals surface area contributed by atoms with Crippen LogP contribution in [-0.2, 0) is 14.8 Å². The number of aromatic amines is 2. The Balaban J connectivity index is 2.30. The Morgan fingerprint density at radius 1 is 1.36 bits per heavy atom. The summed E-state index contributed by atoms with van der Waals surface area (Å²) in [7, 11) is -3.99. The molecule has 0 aliphatic carbocycles. The van der Waals surface area contributed by atoms with Crippen molar-refractivity contribution in [1.82, 2.24) is 14.7 Å². The number of hydrogen-bond acceptors (Lipinski definition) is 5. The first-order valence-corrected chi connectivity index (χ1v) is 9.17. The molecule has 4 N–H and O–H groups in total. The van der Waals surface area contributed by atoms with E-state index in [1.54, 1.807) is 0 Å². The Kier molecular flexibility index (Phi) is 4.94. The second-order valence-corrected chi connectivity index (χ2v) is 7.28. The number of thioether (sulfide) groups is 1. The van der Waals surface area contributed by atoms with Crippen molar-refractivity contribution >= 4 is 38.8 Å². The molecule has 0 amide bonds. The monoisotopic (exact) mass is 345 g/mol. The van der Waals surface area contributed by atoms with E-state index in [0.717, 1.165) is 0 Å². The van der Waals surface area contributed by atoms with Gasteiger partial charge in [-0.3, -0.25) is 4.79 Å². The zero-order chi connectivity index (χ0) is 16.3. The highest BCUT2D eigenvalue weighted by molar-refractivity contribution is 7.98. The fourth-order valence-corrected chi connectivity index (χ4v) is 3.62. The molecule has 1 aromatic carbocycles. The van der Waals surface area contributed by atoms with Crippen LogP contribution in [0.1, 0.15) is 6.42 Å². The van der Waals surface area contributed by atoms with Crippen LogP contribution in [0.3, 0.4) is 0 Å². The third-order valence-corrected chi connectivity index (χ3v) is 5.12. The van der Waals surface area contributed by atoms with E-state index >= 15 is 0 Å². The Morgan fingerprint density at radius 3 is 2.68 bits per heavy atom. The minimum absolute atomic E-state index is 0.106. The first-order valence-electron chi connectivity index (χ1n) is 6.29. The van der Waals surface area contributed by atoms with E-state index in [4.69, 9.17) is 5.11 Å². The summed E-state index contributed by atoms with van der Waals surface area (Å²) in [5.74, 6) is -0.710. The second kappa shape index (κ2) is 6.55. The lowest BCUT2D eigenvalue weighted by Gasteiger charge is -2.14. The minimum atomic E-state index is -3.99. The number of fused-ring (bicyclic) bond motifs is 1. The van der Waals surface area contributed by atoms with Gasteiger partial charge in [0.25, 0.3) is 0 Å². The van der Waals surface area contributed by atoms with E-state index in [9.17, 15) is 18.0 Å². The molecule has 120 valence electrons. The predicted molar refractivity (Wildman–Crippen MR) is 83.7 cm³/mol. The molecule has 0 saturated carbocycles. The van der Waals surface area contributed by atoms with Gasteiger partial charge in [0.1, 0.15) is 6.04 Å². The van der Waals surface area contributed by atoms with Gasteiger partial charge in [-0.2, -0.15) is 16.5 Å². The molecule has 0 aliphatic heterocycles. The normalized spacial score (nSPS) is 13.3. The van der Waals surface area contributed by atoms with Gasteiger partial charge >= 0.3 is 11.7 Å². The molecule has 8 nitrogen and oxygen atoms in total. The number of imidazole rings is 1. The van der Waals surface area contributed by atoms with E-state index in [-0.39, 0.29) is 11.3 Å². The number of H-pyrrole nitrogens is 2. The first-order chi connectivity index (χ1) is 10.3. The lowest BCUT2D eigenvalue weighted by Crippen LogP contribution is -2.41. The third kappa shape index (κ3) is 3.70. The fraction of sp³-hybridized carbons (Fsp3) is 0.333. The minimum Gasteiger partial charge on any atom is -0.480 e. The molecular formula is C12H15N3O5S2. The standard InChI is InChI=1S/C12H15N3O5S2/c1-21-5-4-9(11(16)17)15-22(19,20)7-2-3-8-10(6-7)14-12(18)13-8/h2-3,6,9,15H,4-5H2,1H3,(H,16,17)(H2,13,14,18)/t9-/m1/s1. The van der Waals surface area contributed by atoms with Gasteiger partial charge in [-0.15, -0.1) is 0 Å². The molecule has 1 aromatic heterocycles. The molecule has 2 rings (SSSR count). The number of rotatable bonds is 7. The van der Waals surface area contributed by atoms with E-state index in [1.807, 2.05) is 6.26 Å². The Morgan fingerprint density at radius 2 is 2.05 bits per heavy atom. The van der Waals surface area contributed by atoms with Crippen LogP contribution in [0.2, 0.25) is 0 Å². The summed E-state index contributed by atoms with van der Waals surface area (Å²) in [5, 5.41) is 9.10. The number of carbonyl (C=O) groups is 1. The molecule has 22 heavy (non-hydrogen) atoms. The van der Waals surface area contributed by atoms with Crippen molar-refractivity contribution in [2.24, 2.45) is 0 Å². The molecule has 10 heteroatoms. The average Bonchev–Trinajstić information content (AvgIpc) is 2.82. The van der Waals surface area contributed by atoms with Crippen LogP contribution >= 0.6 is 11.8 Å². The molecule has 1 atom stereocenters. The summed E-state index contributed by atoms with van der Waals surface area (Å²) in [6, 6.07) is 2.84. The van der Waals surface area contributed by atoms with Crippen LogP contribution in [0.4, 0.5) is 0 Å². The van der Waals surface area contributed by atoms with Crippen molar-refractivity contribution in [3.63, 3.8) is 0 Å². The quantitative estimate of drug-likeness (QED) is 0.572. The predicted octanol–water partition coefficient (Wildman–Crippen LogP) is 0.341. The maximum Gasteiger partial charge on any atom is 0.323 e. The van der Waals surface area contributed by atoms with Gasteiger partial charge in [0.05, 0.1) is 15.9 Å². The highest BCUT2D eigenvalue weighted by Crippen LogP contribution is 2.16. The molecular weight excluding hydrogens is 330 g/mol. The van der Waals surface area contributed by atoms with Crippen molar-refractivity contribution < 1.29 is 18.3 Å². The third-order valence-electron chi connectivity index (χ3n) is 3.00. The SMILES string of the molecule is CSCC[C@@H](NS(=O)(=O)c1ccc2[nH]c(=O)[nH]c2c1)C(=O)O. The van der Waals surface area contributed by atoms with Crippen LogP contribution in [-0.4, -0.2) is 47.5 Å². The number of carboxylic acid groups (broad SMARTS) is 1. The number of carboxylic acids is 1. The molecule has 0 aliphatic rings. The van der Waals surface area contributed by atoms with Gasteiger partial charge in [0, 0.05) is 0 Å². The van der Waals surface area contributed by atoms with Crippen LogP contribution < -0.4 is 10.4 Å². The Labute approximate surface area is 130 Å². The number of aromatic nitrogens is 2.